The van der Waals surface area contributed by atoms with Gasteiger partial charge >= 0.3 is 0 Å². The summed E-state index contributed by atoms with van der Waals surface area (Å²) < 4.78 is 5.70. The third kappa shape index (κ3) is 5.85. The number of carbonyl (C=O) groups excluding carboxylic acids is 1. The Bertz CT molecular complexity index is 639. The van der Waals surface area contributed by atoms with Gasteiger partial charge in [0.25, 0.3) is 5.91 Å². The number of nitrogens with zero attached hydrogens (tertiary/aromatic N) is 2. The standard InChI is InChI=1S/C22H35N3O2.ClH/c1-18-7-8-20(15-19(18)2)27-16-21(26)23-17-22(9-5-4-6-10-22)25-13-11-24(3)12-14-25;/h7-8,15H,4-6,9-14,16-17H2,1-3H3,(H,23,26);1H. The van der Waals surface area contributed by atoms with Gasteiger partial charge < -0.3 is 15.0 Å². The predicted octanol–water partition coefficient (Wildman–Crippen LogP) is 3.17. The van der Waals surface area contributed by atoms with E-state index in [9.17, 15) is 4.79 Å². The number of benzene rings is 1. The number of hydrogen-bond donors (Lipinski definition) is 1. The van der Waals surface area contributed by atoms with E-state index in [4.69, 9.17) is 4.74 Å². The van der Waals surface area contributed by atoms with Crippen molar-refractivity contribution in [1.29, 1.82) is 0 Å². The fourth-order valence-electron chi connectivity index (χ4n) is 4.36. The van der Waals surface area contributed by atoms with E-state index in [2.05, 4.69) is 36.0 Å². The lowest BCUT2D eigenvalue weighted by Crippen LogP contribution is -2.61. The molecule has 0 unspecified atom stereocenters. The lowest BCUT2D eigenvalue weighted by molar-refractivity contribution is -0.124. The van der Waals surface area contributed by atoms with Crippen molar-refractivity contribution in [2.75, 3.05) is 46.4 Å². The molecule has 0 radical (unpaired) electrons. The van der Waals surface area contributed by atoms with Gasteiger partial charge in [-0.25, -0.2) is 0 Å². The largest absolute Gasteiger partial charge is 0.484 e. The highest BCUT2D eigenvalue weighted by molar-refractivity contribution is 5.85. The van der Waals surface area contributed by atoms with Gasteiger partial charge in [-0.1, -0.05) is 25.3 Å². The number of nitrogens with one attached hydrogen (secondary N) is 1. The Morgan fingerprint density at radius 3 is 2.39 bits per heavy atom. The molecule has 158 valence electrons. The second kappa shape index (κ2) is 10.5. The van der Waals surface area contributed by atoms with E-state index in [1.165, 1.54) is 43.2 Å². The molecule has 1 heterocycles. The van der Waals surface area contributed by atoms with Gasteiger partial charge in [0.15, 0.2) is 6.61 Å². The van der Waals surface area contributed by atoms with Crippen LogP contribution in [0.2, 0.25) is 0 Å². The van der Waals surface area contributed by atoms with Crippen LogP contribution in [0.15, 0.2) is 18.2 Å². The molecule has 1 aliphatic carbocycles. The highest BCUT2D eigenvalue weighted by Gasteiger charge is 2.39. The number of aryl methyl sites for hydroxylation is 2. The number of rotatable bonds is 6. The molecule has 2 fully saturated rings. The van der Waals surface area contributed by atoms with Gasteiger partial charge in [0, 0.05) is 38.3 Å². The van der Waals surface area contributed by atoms with Crippen LogP contribution < -0.4 is 10.1 Å². The summed E-state index contributed by atoms with van der Waals surface area (Å²) in [6.07, 6.45) is 6.23. The van der Waals surface area contributed by atoms with Gasteiger partial charge in [-0.15, -0.1) is 12.4 Å². The summed E-state index contributed by atoms with van der Waals surface area (Å²) in [4.78, 5) is 17.5. The van der Waals surface area contributed by atoms with Gasteiger partial charge in [-0.2, -0.15) is 0 Å². The van der Waals surface area contributed by atoms with Gasteiger partial charge in [-0.3, -0.25) is 9.69 Å². The minimum Gasteiger partial charge on any atom is -0.484 e. The second-order valence-electron chi connectivity index (χ2n) is 8.39. The fraction of sp³-hybridized carbons (Fsp3) is 0.682. The maximum atomic E-state index is 12.4. The lowest BCUT2D eigenvalue weighted by Gasteiger charge is -2.49. The summed E-state index contributed by atoms with van der Waals surface area (Å²) in [6.45, 7) is 9.40. The summed E-state index contributed by atoms with van der Waals surface area (Å²) in [6, 6.07) is 5.96. The Balaban J connectivity index is 0.00000280. The summed E-state index contributed by atoms with van der Waals surface area (Å²) in [5, 5.41) is 3.18. The minimum atomic E-state index is -0.0210. The van der Waals surface area contributed by atoms with Crippen LogP contribution in [-0.4, -0.2) is 67.6 Å². The predicted molar refractivity (Wildman–Crippen MR) is 117 cm³/mol. The van der Waals surface area contributed by atoms with Crippen molar-refractivity contribution in [3.63, 3.8) is 0 Å². The number of piperazine rings is 1. The summed E-state index contributed by atoms with van der Waals surface area (Å²) in [5.74, 6) is 0.743. The average Bonchev–Trinajstić information content (AvgIpc) is 2.68. The Labute approximate surface area is 176 Å². The topological polar surface area (TPSA) is 44.8 Å². The quantitative estimate of drug-likeness (QED) is 0.783. The molecule has 5 nitrogen and oxygen atoms in total. The van der Waals surface area contributed by atoms with Crippen LogP contribution >= 0.6 is 12.4 Å². The van der Waals surface area contributed by atoms with Crippen LogP contribution in [-0.2, 0) is 4.79 Å². The van der Waals surface area contributed by atoms with Gasteiger partial charge in [0.05, 0.1) is 0 Å². The Morgan fingerprint density at radius 2 is 1.75 bits per heavy atom. The maximum Gasteiger partial charge on any atom is 0.258 e. The highest BCUT2D eigenvalue weighted by atomic mass is 35.5. The number of carbonyl (C=O) groups is 1. The third-order valence-corrected chi connectivity index (χ3v) is 6.42. The van der Waals surface area contributed by atoms with Crippen LogP contribution in [0.5, 0.6) is 5.75 Å². The molecule has 1 saturated carbocycles. The van der Waals surface area contributed by atoms with E-state index in [-0.39, 0.29) is 30.5 Å². The summed E-state index contributed by atoms with van der Waals surface area (Å²) in [5.41, 5.74) is 2.55. The number of amides is 1. The molecule has 3 rings (SSSR count). The average molecular weight is 410 g/mol. The monoisotopic (exact) mass is 409 g/mol. The molecule has 1 N–H and O–H groups in total. The van der Waals surface area contributed by atoms with Crippen LogP contribution in [0.25, 0.3) is 0 Å². The van der Waals surface area contributed by atoms with Crippen molar-refractivity contribution in [3.8, 4) is 5.75 Å². The third-order valence-electron chi connectivity index (χ3n) is 6.42. The van der Waals surface area contributed by atoms with E-state index in [1.807, 2.05) is 18.2 Å². The van der Waals surface area contributed by atoms with Crippen molar-refractivity contribution >= 4 is 18.3 Å². The molecule has 0 spiro atoms. The van der Waals surface area contributed by atoms with Gasteiger partial charge in [-0.05, 0) is 57.0 Å². The van der Waals surface area contributed by atoms with Crippen LogP contribution in [0.3, 0.4) is 0 Å². The molecule has 1 amide bonds. The zero-order valence-electron chi connectivity index (χ0n) is 17.6. The molecular weight excluding hydrogens is 374 g/mol. The van der Waals surface area contributed by atoms with E-state index in [0.29, 0.717) is 0 Å². The lowest BCUT2D eigenvalue weighted by atomic mass is 9.79. The van der Waals surface area contributed by atoms with Crippen molar-refractivity contribution in [2.45, 2.75) is 51.5 Å². The molecule has 2 aliphatic rings. The molecule has 0 bridgehead atoms. The zero-order valence-corrected chi connectivity index (χ0v) is 18.4. The van der Waals surface area contributed by atoms with E-state index in [0.717, 1.165) is 38.5 Å². The number of hydrogen-bond acceptors (Lipinski definition) is 4. The van der Waals surface area contributed by atoms with E-state index < -0.39 is 0 Å². The number of ether oxygens (including phenoxy) is 1. The summed E-state index contributed by atoms with van der Waals surface area (Å²) >= 11 is 0. The first-order valence-corrected chi connectivity index (χ1v) is 10.4. The smallest absolute Gasteiger partial charge is 0.258 e. The first-order chi connectivity index (χ1) is 13.0. The molecule has 1 aromatic rings. The molecule has 0 aromatic heterocycles. The van der Waals surface area contributed by atoms with Crippen molar-refractivity contribution in [1.82, 2.24) is 15.1 Å². The Hall–Kier alpha value is -1.30. The Kier molecular flexibility index (Phi) is 8.59. The van der Waals surface area contributed by atoms with Crippen molar-refractivity contribution < 1.29 is 9.53 Å². The fourth-order valence-corrected chi connectivity index (χ4v) is 4.36. The summed E-state index contributed by atoms with van der Waals surface area (Å²) in [7, 11) is 2.19. The molecule has 6 heteroatoms. The van der Waals surface area contributed by atoms with Crippen LogP contribution in [0.1, 0.15) is 43.2 Å². The van der Waals surface area contributed by atoms with Crippen LogP contribution in [0.4, 0.5) is 0 Å². The Morgan fingerprint density at radius 1 is 1.07 bits per heavy atom. The van der Waals surface area contributed by atoms with E-state index >= 15 is 0 Å². The van der Waals surface area contributed by atoms with E-state index in [1.54, 1.807) is 0 Å². The molecule has 1 aliphatic heterocycles. The molecule has 1 aromatic carbocycles. The minimum absolute atomic E-state index is 0. The first kappa shape index (κ1) is 23.0. The van der Waals surface area contributed by atoms with Gasteiger partial charge in [0.1, 0.15) is 5.75 Å². The SMILES string of the molecule is Cc1ccc(OCC(=O)NCC2(N3CCN(C)CC3)CCCCC2)cc1C.Cl. The maximum absolute atomic E-state index is 12.4. The van der Waals surface area contributed by atoms with Crippen molar-refractivity contribution in [2.24, 2.45) is 0 Å². The molecule has 1 saturated heterocycles. The zero-order chi connectivity index (χ0) is 19.3. The molecule has 28 heavy (non-hydrogen) atoms. The molecule has 0 atom stereocenters. The highest BCUT2D eigenvalue weighted by Crippen LogP contribution is 2.34. The number of halogens is 1. The first-order valence-electron chi connectivity index (χ1n) is 10.4. The van der Waals surface area contributed by atoms with Crippen LogP contribution in [0, 0.1) is 13.8 Å². The van der Waals surface area contributed by atoms with Gasteiger partial charge in [0.2, 0.25) is 0 Å². The number of likely N-dealkylation sites (N-methyl/N-ethyl adjacent to an activating group) is 1. The van der Waals surface area contributed by atoms with Crippen molar-refractivity contribution in [3.05, 3.63) is 29.3 Å². The normalized spacial score (nSPS) is 20.2. The second-order valence-corrected chi connectivity index (χ2v) is 8.39. The molecular formula is C22H36ClN3O2.